The maximum absolute atomic E-state index is 13.4. The van der Waals surface area contributed by atoms with Crippen LogP contribution in [0.25, 0.3) is 0 Å². The largest absolute Gasteiger partial charge is 0.352 e. The maximum Gasteiger partial charge on any atom is 0.242 e. The second kappa shape index (κ2) is 11.9. The van der Waals surface area contributed by atoms with Gasteiger partial charge in [-0.1, -0.05) is 94.1 Å². The van der Waals surface area contributed by atoms with Gasteiger partial charge in [-0.15, -0.1) is 0 Å². The van der Waals surface area contributed by atoms with Crippen LogP contribution in [-0.4, -0.2) is 28.8 Å². The number of carbonyl (C=O) groups excluding carboxylic acids is 2. The molecule has 1 saturated carbocycles. The third-order valence-electron chi connectivity index (χ3n) is 6.86. The van der Waals surface area contributed by atoms with Crippen molar-refractivity contribution in [3.05, 3.63) is 70.2 Å². The van der Waals surface area contributed by atoms with Crippen molar-refractivity contribution in [2.75, 3.05) is 0 Å². The van der Waals surface area contributed by atoms with Crippen LogP contribution in [0.3, 0.4) is 0 Å². The van der Waals surface area contributed by atoms with Gasteiger partial charge in [0.15, 0.2) is 0 Å². The molecule has 1 aliphatic rings. The van der Waals surface area contributed by atoms with Crippen LogP contribution in [-0.2, 0) is 28.0 Å². The minimum absolute atomic E-state index is 0.0360. The van der Waals surface area contributed by atoms with E-state index in [9.17, 15) is 9.59 Å². The molecule has 2 amide bonds. The van der Waals surface area contributed by atoms with Gasteiger partial charge in [0.2, 0.25) is 11.8 Å². The number of carbonyl (C=O) groups is 2. The van der Waals surface area contributed by atoms with Crippen molar-refractivity contribution in [1.82, 2.24) is 10.2 Å². The van der Waals surface area contributed by atoms with E-state index >= 15 is 0 Å². The maximum atomic E-state index is 13.4. The fraction of sp³-hybridized carbons (Fsp3) is 0.517. The predicted molar refractivity (Wildman–Crippen MR) is 140 cm³/mol. The van der Waals surface area contributed by atoms with Gasteiger partial charge in [-0.05, 0) is 54.4 Å². The normalized spacial score (nSPS) is 15.6. The van der Waals surface area contributed by atoms with Crippen LogP contribution in [0.4, 0.5) is 0 Å². The third kappa shape index (κ3) is 7.33. The summed E-state index contributed by atoms with van der Waals surface area (Å²) in [4.78, 5) is 28.2. The first-order valence-electron chi connectivity index (χ1n) is 12.6. The first-order valence-corrected chi connectivity index (χ1v) is 13.0. The van der Waals surface area contributed by atoms with Crippen molar-refractivity contribution in [3.63, 3.8) is 0 Å². The van der Waals surface area contributed by atoms with Crippen LogP contribution in [0.15, 0.2) is 48.5 Å². The Morgan fingerprint density at radius 2 is 1.68 bits per heavy atom. The van der Waals surface area contributed by atoms with Crippen molar-refractivity contribution in [1.29, 1.82) is 0 Å². The molecule has 3 rings (SSSR count). The zero-order chi connectivity index (χ0) is 24.7. The second-order valence-corrected chi connectivity index (χ2v) is 11.0. The van der Waals surface area contributed by atoms with E-state index in [-0.39, 0.29) is 23.3 Å². The zero-order valence-corrected chi connectivity index (χ0v) is 21.8. The molecule has 0 saturated heterocycles. The topological polar surface area (TPSA) is 49.4 Å². The number of nitrogens with one attached hydrogen (secondary N) is 1. The van der Waals surface area contributed by atoms with Gasteiger partial charge in [0.25, 0.3) is 0 Å². The SMILES string of the molecule is CC(C(=O)NC1CCCCC1)N(Cc1ccccc1Cl)C(=O)CCc1ccc(C(C)(C)C)cc1. The molecular formula is C29H39ClN2O2. The number of nitrogens with zero attached hydrogens (tertiary/aromatic N) is 1. The highest BCUT2D eigenvalue weighted by Gasteiger charge is 2.28. The molecule has 1 N–H and O–H groups in total. The molecule has 0 spiro atoms. The fourth-order valence-electron chi connectivity index (χ4n) is 4.53. The molecule has 34 heavy (non-hydrogen) atoms. The van der Waals surface area contributed by atoms with Gasteiger partial charge < -0.3 is 10.2 Å². The molecule has 0 bridgehead atoms. The number of hydrogen-bond acceptors (Lipinski definition) is 2. The quantitative estimate of drug-likeness (QED) is 0.470. The van der Waals surface area contributed by atoms with E-state index in [0.29, 0.717) is 24.4 Å². The summed E-state index contributed by atoms with van der Waals surface area (Å²) in [5.41, 5.74) is 3.35. The van der Waals surface area contributed by atoms with E-state index in [0.717, 1.165) is 36.8 Å². The number of benzene rings is 2. The molecule has 2 aromatic carbocycles. The van der Waals surface area contributed by atoms with Gasteiger partial charge in [-0.25, -0.2) is 0 Å². The van der Waals surface area contributed by atoms with E-state index in [1.165, 1.54) is 12.0 Å². The van der Waals surface area contributed by atoms with Crippen molar-refractivity contribution < 1.29 is 9.59 Å². The van der Waals surface area contributed by atoms with Crippen molar-refractivity contribution in [2.24, 2.45) is 0 Å². The molecule has 0 aromatic heterocycles. The average Bonchev–Trinajstić information content (AvgIpc) is 2.82. The monoisotopic (exact) mass is 482 g/mol. The molecule has 5 heteroatoms. The Hall–Kier alpha value is -2.33. The lowest BCUT2D eigenvalue weighted by Crippen LogP contribution is -2.50. The first kappa shape index (κ1) is 26.3. The Labute approximate surface area is 210 Å². The Bertz CT molecular complexity index is 959. The minimum Gasteiger partial charge on any atom is -0.352 e. The zero-order valence-electron chi connectivity index (χ0n) is 21.1. The highest BCUT2D eigenvalue weighted by Crippen LogP contribution is 2.24. The molecule has 1 unspecified atom stereocenters. The first-order chi connectivity index (χ1) is 16.1. The summed E-state index contributed by atoms with van der Waals surface area (Å²) in [5, 5.41) is 3.79. The molecule has 2 aromatic rings. The number of hydrogen-bond donors (Lipinski definition) is 1. The molecule has 0 aliphatic heterocycles. The number of rotatable bonds is 8. The molecule has 0 heterocycles. The van der Waals surface area contributed by atoms with Crippen LogP contribution < -0.4 is 5.32 Å². The van der Waals surface area contributed by atoms with Gasteiger partial charge >= 0.3 is 0 Å². The smallest absolute Gasteiger partial charge is 0.242 e. The molecule has 1 aliphatic carbocycles. The number of amides is 2. The summed E-state index contributed by atoms with van der Waals surface area (Å²) < 4.78 is 0. The number of halogens is 1. The van der Waals surface area contributed by atoms with Gasteiger partial charge in [0, 0.05) is 24.0 Å². The second-order valence-electron chi connectivity index (χ2n) is 10.6. The minimum atomic E-state index is -0.561. The van der Waals surface area contributed by atoms with Crippen LogP contribution in [0.5, 0.6) is 0 Å². The van der Waals surface area contributed by atoms with Gasteiger partial charge in [0.1, 0.15) is 6.04 Å². The van der Waals surface area contributed by atoms with Crippen molar-refractivity contribution >= 4 is 23.4 Å². The highest BCUT2D eigenvalue weighted by molar-refractivity contribution is 6.31. The van der Waals surface area contributed by atoms with Gasteiger partial charge in [-0.2, -0.15) is 0 Å². The summed E-state index contributed by atoms with van der Waals surface area (Å²) in [7, 11) is 0. The van der Waals surface area contributed by atoms with Crippen molar-refractivity contribution in [2.45, 2.75) is 96.7 Å². The number of aryl methyl sites for hydroxylation is 1. The van der Waals surface area contributed by atoms with E-state index < -0.39 is 6.04 Å². The summed E-state index contributed by atoms with van der Waals surface area (Å²) in [6.45, 7) is 8.72. The molecular weight excluding hydrogens is 444 g/mol. The molecule has 1 atom stereocenters. The van der Waals surface area contributed by atoms with Crippen LogP contribution in [0.1, 0.15) is 82.9 Å². The van der Waals surface area contributed by atoms with Crippen molar-refractivity contribution in [3.8, 4) is 0 Å². The standard InChI is InChI=1S/C29H39ClN2O2/c1-21(28(34)31-25-11-6-5-7-12-25)32(20-23-10-8-9-13-26(23)30)27(33)19-16-22-14-17-24(18-15-22)29(2,3)4/h8-10,13-15,17-18,21,25H,5-7,11-12,16,19-20H2,1-4H3,(H,31,34). The Balaban J connectivity index is 1.70. The lowest BCUT2D eigenvalue weighted by atomic mass is 9.86. The summed E-state index contributed by atoms with van der Waals surface area (Å²) >= 11 is 6.40. The van der Waals surface area contributed by atoms with E-state index in [1.807, 2.05) is 31.2 Å². The van der Waals surface area contributed by atoms with Gasteiger partial charge in [0.05, 0.1) is 0 Å². The van der Waals surface area contributed by atoms with E-state index in [2.05, 4.69) is 50.4 Å². The Morgan fingerprint density at radius 3 is 2.29 bits per heavy atom. The van der Waals surface area contributed by atoms with E-state index in [1.54, 1.807) is 4.90 Å². The summed E-state index contributed by atoms with van der Waals surface area (Å²) in [5.74, 6) is -0.118. The highest BCUT2D eigenvalue weighted by atomic mass is 35.5. The van der Waals surface area contributed by atoms with Gasteiger partial charge in [-0.3, -0.25) is 9.59 Å². The summed E-state index contributed by atoms with van der Waals surface area (Å²) in [6.07, 6.45) is 6.55. The Morgan fingerprint density at radius 1 is 1.03 bits per heavy atom. The molecule has 1 fully saturated rings. The Kier molecular flexibility index (Phi) is 9.18. The summed E-state index contributed by atoms with van der Waals surface area (Å²) in [6, 6.07) is 15.7. The lowest BCUT2D eigenvalue weighted by Gasteiger charge is -2.31. The predicted octanol–water partition coefficient (Wildman–Crippen LogP) is 6.44. The van der Waals surface area contributed by atoms with E-state index in [4.69, 9.17) is 11.6 Å². The third-order valence-corrected chi connectivity index (χ3v) is 7.23. The average molecular weight is 483 g/mol. The lowest BCUT2D eigenvalue weighted by molar-refractivity contribution is -0.141. The molecule has 184 valence electrons. The van der Waals surface area contributed by atoms with Crippen LogP contribution in [0.2, 0.25) is 5.02 Å². The molecule has 0 radical (unpaired) electrons. The van der Waals surface area contributed by atoms with Crippen LogP contribution >= 0.6 is 11.6 Å². The van der Waals surface area contributed by atoms with Crippen LogP contribution in [0, 0.1) is 0 Å². The fourth-order valence-corrected chi connectivity index (χ4v) is 4.72. The molecule has 4 nitrogen and oxygen atoms in total.